The number of anilines is 2. The van der Waals surface area contributed by atoms with Crippen LogP contribution in [0.2, 0.25) is 5.02 Å². The second kappa shape index (κ2) is 7.63. The SMILES string of the molecule is COc1ccc(NC(=O)c2cc(Cl)ccc2[N+](=O)[O-])cc1N1CCCC1=O. The number of methoxy groups -OCH3 is 1. The Balaban J connectivity index is 1.92. The molecule has 0 saturated carbocycles. The minimum absolute atomic E-state index is 0.0257. The van der Waals surface area contributed by atoms with Crippen LogP contribution in [0.5, 0.6) is 5.75 Å². The molecular weight excluding hydrogens is 374 g/mol. The zero-order chi connectivity index (χ0) is 19.6. The lowest BCUT2D eigenvalue weighted by Gasteiger charge is -2.20. The number of hydrogen-bond donors (Lipinski definition) is 1. The number of ether oxygens (including phenoxy) is 1. The van der Waals surface area contributed by atoms with Crippen LogP contribution in [0.4, 0.5) is 17.1 Å². The molecule has 0 aromatic heterocycles. The number of nitrogens with zero attached hydrogens (tertiary/aromatic N) is 2. The first-order valence-electron chi connectivity index (χ1n) is 8.14. The smallest absolute Gasteiger partial charge is 0.282 e. The molecule has 2 aromatic carbocycles. The van der Waals surface area contributed by atoms with Crippen molar-refractivity contribution in [3.8, 4) is 5.75 Å². The van der Waals surface area contributed by atoms with Crippen LogP contribution in [0.3, 0.4) is 0 Å². The van der Waals surface area contributed by atoms with Crippen molar-refractivity contribution in [2.75, 3.05) is 23.9 Å². The summed E-state index contributed by atoms with van der Waals surface area (Å²) >= 11 is 5.87. The molecule has 1 saturated heterocycles. The summed E-state index contributed by atoms with van der Waals surface area (Å²) in [5, 5.41) is 14.0. The Morgan fingerprint density at radius 3 is 2.70 bits per heavy atom. The molecule has 1 N–H and O–H groups in total. The third kappa shape index (κ3) is 3.85. The standard InChI is InChI=1S/C18H16ClN3O5/c1-27-16-7-5-12(10-15(16)21-8-2-3-17(21)23)20-18(24)13-9-11(19)4-6-14(13)22(25)26/h4-7,9-10H,2-3,8H2,1H3,(H,20,24). The van der Waals surface area contributed by atoms with E-state index >= 15 is 0 Å². The quantitative estimate of drug-likeness (QED) is 0.621. The summed E-state index contributed by atoms with van der Waals surface area (Å²) in [5.74, 6) is -0.202. The number of hydrogen-bond acceptors (Lipinski definition) is 5. The van der Waals surface area contributed by atoms with Crippen molar-refractivity contribution >= 4 is 40.5 Å². The maximum atomic E-state index is 12.6. The van der Waals surface area contributed by atoms with E-state index in [1.54, 1.807) is 23.1 Å². The highest BCUT2D eigenvalue weighted by molar-refractivity contribution is 6.31. The Bertz CT molecular complexity index is 931. The minimum atomic E-state index is -0.673. The van der Waals surface area contributed by atoms with Gasteiger partial charge in [-0.3, -0.25) is 19.7 Å². The molecular formula is C18H16ClN3O5. The Morgan fingerprint density at radius 1 is 1.30 bits per heavy atom. The molecule has 2 aromatic rings. The molecule has 9 heteroatoms. The molecule has 8 nitrogen and oxygen atoms in total. The van der Waals surface area contributed by atoms with Crippen molar-refractivity contribution in [3.05, 3.63) is 57.1 Å². The van der Waals surface area contributed by atoms with Gasteiger partial charge in [0.15, 0.2) is 0 Å². The molecule has 0 radical (unpaired) electrons. The molecule has 140 valence electrons. The fourth-order valence-corrected chi connectivity index (χ4v) is 3.10. The van der Waals surface area contributed by atoms with Gasteiger partial charge in [0.25, 0.3) is 11.6 Å². The van der Waals surface area contributed by atoms with Crippen LogP contribution in [0.1, 0.15) is 23.2 Å². The third-order valence-corrected chi connectivity index (χ3v) is 4.44. The Labute approximate surface area is 159 Å². The summed E-state index contributed by atoms with van der Waals surface area (Å²) in [6.07, 6.45) is 1.20. The monoisotopic (exact) mass is 389 g/mol. The summed E-state index contributed by atoms with van der Waals surface area (Å²) in [6, 6.07) is 8.60. The summed E-state index contributed by atoms with van der Waals surface area (Å²) in [4.78, 5) is 36.7. The van der Waals surface area contributed by atoms with Gasteiger partial charge in [0.1, 0.15) is 11.3 Å². The van der Waals surface area contributed by atoms with Crippen molar-refractivity contribution in [1.82, 2.24) is 0 Å². The van der Waals surface area contributed by atoms with Gasteiger partial charge in [0.2, 0.25) is 5.91 Å². The number of halogens is 1. The summed E-state index contributed by atoms with van der Waals surface area (Å²) in [6.45, 7) is 0.562. The van der Waals surface area contributed by atoms with Crippen molar-refractivity contribution in [2.24, 2.45) is 0 Å². The molecule has 0 bridgehead atoms. The zero-order valence-electron chi connectivity index (χ0n) is 14.4. The van der Waals surface area contributed by atoms with Crippen LogP contribution in [0.25, 0.3) is 0 Å². The largest absolute Gasteiger partial charge is 0.495 e. The zero-order valence-corrected chi connectivity index (χ0v) is 15.2. The van der Waals surface area contributed by atoms with Gasteiger partial charge in [-0.2, -0.15) is 0 Å². The van der Waals surface area contributed by atoms with Gasteiger partial charge in [-0.15, -0.1) is 0 Å². The van der Waals surface area contributed by atoms with Crippen LogP contribution in [-0.2, 0) is 4.79 Å². The van der Waals surface area contributed by atoms with E-state index in [4.69, 9.17) is 16.3 Å². The Kier molecular flexibility index (Phi) is 5.27. The second-order valence-electron chi connectivity index (χ2n) is 5.91. The molecule has 0 unspecified atom stereocenters. The number of rotatable bonds is 5. The van der Waals surface area contributed by atoms with Gasteiger partial charge in [0, 0.05) is 29.7 Å². The van der Waals surface area contributed by atoms with Crippen molar-refractivity contribution in [3.63, 3.8) is 0 Å². The van der Waals surface area contributed by atoms with Crippen molar-refractivity contribution in [2.45, 2.75) is 12.8 Å². The third-order valence-electron chi connectivity index (χ3n) is 4.20. The normalized spacial score (nSPS) is 13.6. The first-order chi connectivity index (χ1) is 12.9. The first-order valence-corrected chi connectivity index (χ1v) is 8.52. The van der Waals surface area contributed by atoms with Gasteiger partial charge in [-0.05, 0) is 36.8 Å². The van der Waals surface area contributed by atoms with Gasteiger partial charge < -0.3 is 15.0 Å². The second-order valence-corrected chi connectivity index (χ2v) is 6.34. The predicted octanol–water partition coefficient (Wildman–Crippen LogP) is 3.64. The first kappa shape index (κ1) is 18.7. The number of amides is 2. The molecule has 0 spiro atoms. The lowest BCUT2D eigenvalue weighted by atomic mass is 10.1. The van der Waals surface area contributed by atoms with E-state index in [0.29, 0.717) is 30.1 Å². The van der Waals surface area contributed by atoms with E-state index in [1.807, 2.05) is 0 Å². The number of nitrogens with one attached hydrogen (secondary N) is 1. The highest BCUT2D eigenvalue weighted by Crippen LogP contribution is 2.34. The topological polar surface area (TPSA) is 102 Å². The lowest BCUT2D eigenvalue weighted by Crippen LogP contribution is -2.24. The summed E-state index contributed by atoms with van der Waals surface area (Å²) in [7, 11) is 1.49. The molecule has 1 aliphatic rings. The maximum Gasteiger partial charge on any atom is 0.282 e. The van der Waals surface area contributed by atoms with E-state index < -0.39 is 10.8 Å². The average Bonchev–Trinajstić information content (AvgIpc) is 3.07. The number of nitro benzene ring substituents is 1. The van der Waals surface area contributed by atoms with Crippen molar-refractivity contribution in [1.29, 1.82) is 0 Å². The Morgan fingerprint density at radius 2 is 2.07 bits per heavy atom. The van der Waals surface area contributed by atoms with Crippen LogP contribution >= 0.6 is 11.6 Å². The molecule has 0 atom stereocenters. The van der Waals surface area contributed by atoms with Crippen LogP contribution in [0, 0.1) is 10.1 Å². The molecule has 27 heavy (non-hydrogen) atoms. The number of nitro groups is 1. The van der Waals surface area contributed by atoms with Gasteiger partial charge in [-0.1, -0.05) is 11.6 Å². The highest BCUT2D eigenvalue weighted by atomic mass is 35.5. The van der Waals surface area contributed by atoms with E-state index in [1.165, 1.54) is 25.3 Å². The Hall–Kier alpha value is -3.13. The molecule has 2 amide bonds. The van der Waals surface area contributed by atoms with E-state index in [0.717, 1.165) is 6.42 Å². The van der Waals surface area contributed by atoms with E-state index in [-0.39, 0.29) is 22.2 Å². The molecule has 1 heterocycles. The fourth-order valence-electron chi connectivity index (χ4n) is 2.93. The predicted molar refractivity (Wildman–Crippen MR) is 101 cm³/mol. The van der Waals surface area contributed by atoms with Crippen LogP contribution in [0.15, 0.2) is 36.4 Å². The number of benzene rings is 2. The molecule has 3 rings (SSSR count). The van der Waals surface area contributed by atoms with Crippen molar-refractivity contribution < 1.29 is 19.2 Å². The van der Waals surface area contributed by atoms with E-state index in [9.17, 15) is 19.7 Å². The van der Waals surface area contributed by atoms with Crippen LogP contribution < -0.4 is 15.0 Å². The lowest BCUT2D eigenvalue weighted by molar-refractivity contribution is -0.385. The molecule has 1 aliphatic heterocycles. The average molecular weight is 390 g/mol. The molecule has 0 aliphatic carbocycles. The maximum absolute atomic E-state index is 12.6. The molecule has 1 fully saturated rings. The fraction of sp³-hybridized carbons (Fsp3) is 0.222. The summed E-state index contributed by atoms with van der Waals surface area (Å²) in [5.41, 5.74) is 0.422. The van der Waals surface area contributed by atoms with Gasteiger partial charge >= 0.3 is 0 Å². The van der Waals surface area contributed by atoms with Crippen LogP contribution in [-0.4, -0.2) is 30.4 Å². The van der Waals surface area contributed by atoms with E-state index in [2.05, 4.69) is 5.32 Å². The van der Waals surface area contributed by atoms with Gasteiger partial charge in [-0.25, -0.2) is 0 Å². The van der Waals surface area contributed by atoms with Gasteiger partial charge in [0.05, 0.1) is 17.7 Å². The summed E-state index contributed by atoms with van der Waals surface area (Å²) < 4.78 is 5.30. The number of carbonyl (C=O) groups excluding carboxylic acids is 2. The highest BCUT2D eigenvalue weighted by Gasteiger charge is 2.26. The number of carbonyl (C=O) groups is 2. The minimum Gasteiger partial charge on any atom is -0.495 e.